The highest BCUT2D eigenvalue weighted by Gasteiger charge is 2.25. The van der Waals surface area contributed by atoms with Crippen LogP contribution < -0.4 is 10.6 Å². The Labute approximate surface area is 179 Å². The molecule has 0 fully saturated rings. The number of aliphatic imine (C=N–C) groups is 1. The summed E-state index contributed by atoms with van der Waals surface area (Å²) in [5.41, 5.74) is 1.95. The van der Waals surface area contributed by atoms with Gasteiger partial charge in [0.15, 0.2) is 5.17 Å². The molecule has 2 amide bonds. The van der Waals surface area contributed by atoms with Gasteiger partial charge in [0.05, 0.1) is 29.9 Å². The van der Waals surface area contributed by atoms with Crippen molar-refractivity contribution in [2.24, 2.45) is 4.99 Å². The number of amidine groups is 1. The third-order valence-electron chi connectivity index (χ3n) is 4.40. The van der Waals surface area contributed by atoms with Gasteiger partial charge >= 0.3 is 5.97 Å². The molecule has 0 aliphatic carbocycles. The quantitative estimate of drug-likeness (QED) is 0.690. The van der Waals surface area contributed by atoms with E-state index in [1.165, 1.54) is 11.8 Å². The summed E-state index contributed by atoms with van der Waals surface area (Å²) in [6, 6.07) is 15.8. The molecule has 2 aromatic carbocycles. The molecule has 0 saturated heterocycles. The Balaban J connectivity index is 1.61. The molecule has 7 nitrogen and oxygen atoms in total. The second-order valence-electron chi connectivity index (χ2n) is 6.66. The van der Waals surface area contributed by atoms with E-state index in [2.05, 4.69) is 15.6 Å². The van der Waals surface area contributed by atoms with Crippen molar-refractivity contribution in [1.29, 1.82) is 0 Å². The first-order valence-corrected chi connectivity index (χ1v) is 10.5. The number of amides is 2. The van der Waals surface area contributed by atoms with Crippen molar-refractivity contribution in [3.63, 3.8) is 0 Å². The molecular weight excluding hydrogens is 402 g/mol. The fourth-order valence-corrected chi connectivity index (χ4v) is 3.72. The van der Waals surface area contributed by atoms with Crippen molar-refractivity contribution in [3.8, 4) is 0 Å². The third kappa shape index (κ3) is 5.70. The highest BCUT2D eigenvalue weighted by atomic mass is 32.2. The lowest BCUT2D eigenvalue weighted by Gasteiger charge is -2.22. The minimum Gasteiger partial charge on any atom is -0.462 e. The molecule has 3 rings (SSSR count). The van der Waals surface area contributed by atoms with Gasteiger partial charge in [-0.05, 0) is 43.7 Å². The van der Waals surface area contributed by atoms with Crippen molar-refractivity contribution in [1.82, 2.24) is 5.32 Å². The van der Waals surface area contributed by atoms with Crippen LogP contribution in [0.15, 0.2) is 59.6 Å². The highest BCUT2D eigenvalue weighted by Crippen LogP contribution is 2.27. The molecule has 2 aromatic rings. The Hall–Kier alpha value is -3.13. The first-order valence-electron chi connectivity index (χ1n) is 9.63. The number of thioether (sulfide) groups is 1. The Kier molecular flexibility index (Phi) is 7.24. The molecule has 0 saturated carbocycles. The van der Waals surface area contributed by atoms with Crippen LogP contribution in [0.4, 0.5) is 5.69 Å². The van der Waals surface area contributed by atoms with E-state index >= 15 is 0 Å². The number of carbonyl (C=O) groups excluding carboxylic acids is 3. The van der Waals surface area contributed by atoms with E-state index in [1.807, 2.05) is 30.3 Å². The van der Waals surface area contributed by atoms with Gasteiger partial charge in [0.2, 0.25) is 11.8 Å². The summed E-state index contributed by atoms with van der Waals surface area (Å²) in [6.45, 7) is 3.79. The fourth-order valence-electron chi connectivity index (χ4n) is 2.86. The molecule has 2 atom stereocenters. The number of anilines is 1. The Morgan fingerprint density at radius 2 is 1.90 bits per heavy atom. The molecule has 156 valence electrons. The normalized spacial score (nSPS) is 16.8. The molecule has 0 bridgehead atoms. The number of hydrogen-bond donors (Lipinski definition) is 2. The largest absolute Gasteiger partial charge is 0.462 e. The van der Waals surface area contributed by atoms with E-state index in [0.29, 0.717) is 23.0 Å². The van der Waals surface area contributed by atoms with Gasteiger partial charge in [0.1, 0.15) is 0 Å². The molecule has 1 aliphatic heterocycles. The molecular formula is C22H23N3O4S. The number of rotatable bonds is 6. The van der Waals surface area contributed by atoms with Crippen LogP contribution in [0.5, 0.6) is 0 Å². The summed E-state index contributed by atoms with van der Waals surface area (Å²) in [4.78, 5) is 40.9. The minimum atomic E-state index is -0.483. The molecule has 30 heavy (non-hydrogen) atoms. The lowest BCUT2D eigenvalue weighted by Crippen LogP contribution is -2.36. The van der Waals surface area contributed by atoms with Crippen LogP contribution in [-0.4, -0.2) is 34.8 Å². The van der Waals surface area contributed by atoms with Crippen molar-refractivity contribution in [2.45, 2.75) is 31.6 Å². The van der Waals surface area contributed by atoms with E-state index in [-0.39, 0.29) is 24.3 Å². The fraction of sp³-hybridized carbons (Fsp3) is 0.273. The van der Waals surface area contributed by atoms with Gasteiger partial charge in [-0.2, -0.15) is 0 Å². The molecule has 2 N–H and O–H groups in total. The van der Waals surface area contributed by atoms with Crippen molar-refractivity contribution < 1.29 is 19.1 Å². The number of benzene rings is 2. The molecule has 1 aliphatic rings. The van der Waals surface area contributed by atoms with Gasteiger partial charge in [-0.25, -0.2) is 4.79 Å². The van der Waals surface area contributed by atoms with Gasteiger partial charge in [0, 0.05) is 5.69 Å². The van der Waals surface area contributed by atoms with Crippen LogP contribution in [0.1, 0.15) is 42.2 Å². The smallest absolute Gasteiger partial charge is 0.338 e. The standard InChI is InChI=1S/C22H23N3O4S/c1-3-29-21(28)16-9-11-17(12-10-16)23-20(27)14(2)30-22-24-18(13-19(26)25-22)15-7-5-4-6-8-15/h4-12,14,18H,3,13H2,1-2H3,(H,23,27)(H,24,25,26). The zero-order valence-electron chi connectivity index (χ0n) is 16.8. The Morgan fingerprint density at radius 3 is 2.57 bits per heavy atom. The number of nitrogens with one attached hydrogen (secondary N) is 2. The monoisotopic (exact) mass is 425 g/mol. The first-order chi connectivity index (χ1) is 14.5. The van der Waals surface area contributed by atoms with Gasteiger partial charge in [0.25, 0.3) is 0 Å². The minimum absolute atomic E-state index is 0.122. The Morgan fingerprint density at radius 1 is 1.20 bits per heavy atom. The lowest BCUT2D eigenvalue weighted by molar-refractivity contribution is -0.120. The molecule has 0 radical (unpaired) electrons. The first kappa shape index (κ1) is 21.6. The molecule has 0 aromatic heterocycles. The van der Waals surface area contributed by atoms with Crippen LogP contribution in [0.25, 0.3) is 0 Å². The van der Waals surface area contributed by atoms with E-state index < -0.39 is 11.2 Å². The van der Waals surface area contributed by atoms with Gasteiger partial charge < -0.3 is 15.4 Å². The molecule has 2 unspecified atom stereocenters. The molecule has 0 spiro atoms. The molecule has 1 heterocycles. The van der Waals surface area contributed by atoms with E-state index in [9.17, 15) is 14.4 Å². The topological polar surface area (TPSA) is 96.9 Å². The van der Waals surface area contributed by atoms with Crippen molar-refractivity contribution >= 4 is 40.4 Å². The molecule has 8 heteroatoms. The number of esters is 1. The van der Waals surface area contributed by atoms with Crippen LogP contribution in [0.3, 0.4) is 0 Å². The lowest BCUT2D eigenvalue weighted by atomic mass is 10.0. The average Bonchev–Trinajstić information content (AvgIpc) is 2.74. The van der Waals surface area contributed by atoms with E-state index in [0.717, 1.165) is 5.56 Å². The SMILES string of the molecule is CCOC(=O)c1ccc(NC(=O)C(C)SC2=NC(c3ccccc3)CC(=O)N2)cc1. The van der Waals surface area contributed by atoms with Crippen LogP contribution in [0.2, 0.25) is 0 Å². The zero-order chi connectivity index (χ0) is 21.5. The van der Waals surface area contributed by atoms with Crippen molar-refractivity contribution in [3.05, 3.63) is 65.7 Å². The predicted molar refractivity (Wildman–Crippen MR) is 117 cm³/mol. The number of hydrogen-bond acceptors (Lipinski definition) is 6. The maximum absolute atomic E-state index is 12.5. The summed E-state index contributed by atoms with van der Waals surface area (Å²) in [6.07, 6.45) is 0.279. The number of nitrogens with zero attached hydrogens (tertiary/aromatic N) is 1. The summed E-state index contributed by atoms with van der Waals surface area (Å²) in [7, 11) is 0. The summed E-state index contributed by atoms with van der Waals surface area (Å²) in [5.74, 6) is -0.760. The van der Waals surface area contributed by atoms with Crippen LogP contribution in [0, 0.1) is 0 Å². The van der Waals surface area contributed by atoms with Gasteiger partial charge in [-0.15, -0.1) is 0 Å². The van der Waals surface area contributed by atoms with E-state index in [1.54, 1.807) is 38.1 Å². The van der Waals surface area contributed by atoms with Crippen molar-refractivity contribution in [2.75, 3.05) is 11.9 Å². The summed E-state index contributed by atoms with van der Waals surface area (Å²) >= 11 is 1.20. The Bertz CT molecular complexity index is 945. The maximum Gasteiger partial charge on any atom is 0.338 e. The number of ether oxygens (including phenoxy) is 1. The third-order valence-corrected chi connectivity index (χ3v) is 5.40. The number of carbonyl (C=O) groups is 3. The average molecular weight is 426 g/mol. The maximum atomic E-state index is 12.5. The summed E-state index contributed by atoms with van der Waals surface area (Å²) < 4.78 is 4.94. The van der Waals surface area contributed by atoms with Gasteiger partial charge in [-0.1, -0.05) is 42.1 Å². The second-order valence-corrected chi connectivity index (χ2v) is 7.99. The zero-order valence-corrected chi connectivity index (χ0v) is 17.6. The summed E-state index contributed by atoms with van der Waals surface area (Å²) in [5, 5.41) is 5.49. The van der Waals surface area contributed by atoms with Crippen LogP contribution >= 0.6 is 11.8 Å². The van der Waals surface area contributed by atoms with E-state index in [4.69, 9.17) is 4.74 Å². The highest BCUT2D eigenvalue weighted by molar-refractivity contribution is 8.15. The second kappa shape index (κ2) is 10.1. The predicted octanol–water partition coefficient (Wildman–Crippen LogP) is 3.54. The van der Waals surface area contributed by atoms with Crippen LogP contribution in [-0.2, 0) is 14.3 Å². The van der Waals surface area contributed by atoms with Gasteiger partial charge in [-0.3, -0.25) is 14.6 Å².